The Morgan fingerprint density at radius 2 is 1.84 bits per heavy atom. The lowest BCUT2D eigenvalue weighted by Crippen LogP contribution is -2.43. The normalized spacial score (nSPS) is 11.6. The van der Waals surface area contributed by atoms with Crippen LogP contribution < -0.4 is 15.0 Å². The summed E-state index contributed by atoms with van der Waals surface area (Å²) in [7, 11) is 1.57. The van der Waals surface area contributed by atoms with E-state index in [1.54, 1.807) is 42.0 Å². The van der Waals surface area contributed by atoms with E-state index >= 15 is 0 Å². The lowest BCUT2D eigenvalue weighted by molar-refractivity contribution is 0.221. The highest BCUT2D eigenvalue weighted by atomic mass is 32.2. The zero-order valence-electron chi connectivity index (χ0n) is 17.2. The molecule has 2 amide bonds. The van der Waals surface area contributed by atoms with E-state index < -0.39 is 6.04 Å². The number of carbonyl (C=O) groups is 1. The SMILES string of the molecule is COc1cccc(C(CO)NC(=O)N(CCSc2ccc(F)cc2)c2ccccc2)c1. The highest BCUT2D eigenvalue weighted by Gasteiger charge is 2.20. The minimum Gasteiger partial charge on any atom is -0.497 e. The molecular weight excluding hydrogens is 415 g/mol. The van der Waals surface area contributed by atoms with E-state index in [-0.39, 0.29) is 18.5 Å². The maximum absolute atomic E-state index is 13.1. The number of benzene rings is 3. The van der Waals surface area contributed by atoms with E-state index in [4.69, 9.17) is 4.74 Å². The van der Waals surface area contributed by atoms with Crippen molar-refractivity contribution in [2.75, 3.05) is 30.9 Å². The van der Waals surface area contributed by atoms with Crippen LogP contribution in [0.3, 0.4) is 0 Å². The highest BCUT2D eigenvalue weighted by Crippen LogP contribution is 2.22. The molecule has 0 heterocycles. The van der Waals surface area contributed by atoms with Crippen molar-refractivity contribution < 1.29 is 19.0 Å². The summed E-state index contributed by atoms with van der Waals surface area (Å²) < 4.78 is 18.4. The average Bonchev–Trinajstić information content (AvgIpc) is 2.82. The standard InChI is InChI=1S/C24H25FN2O3S/c1-30-21-9-5-6-18(16-21)23(17-28)26-24(29)27(20-7-3-2-4-8-20)14-15-31-22-12-10-19(25)11-13-22/h2-13,16,23,28H,14-15,17H2,1H3,(H,26,29). The smallest absolute Gasteiger partial charge is 0.322 e. The van der Waals surface area contributed by atoms with Gasteiger partial charge in [0.1, 0.15) is 11.6 Å². The maximum atomic E-state index is 13.1. The second-order valence-electron chi connectivity index (χ2n) is 6.75. The molecule has 1 unspecified atom stereocenters. The van der Waals surface area contributed by atoms with Crippen molar-refractivity contribution >= 4 is 23.5 Å². The number of anilines is 1. The van der Waals surface area contributed by atoms with Crippen LogP contribution >= 0.6 is 11.8 Å². The van der Waals surface area contributed by atoms with Gasteiger partial charge in [0.15, 0.2) is 0 Å². The van der Waals surface area contributed by atoms with E-state index in [1.165, 1.54) is 12.1 Å². The number of hydrogen-bond acceptors (Lipinski definition) is 4. The van der Waals surface area contributed by atoms with Crippen LogP contribution in [0, 0.1) is 5.82 Å². The van der Waals surface area contributed by atoms with Crippen LogP contribution in [0.4, 0.5) is 14.9 Å². The Bertz CT molecular complexity index is 970. The molecule has 3 aromatic rings. The second kappa shape index (κ2) is 11.4. The van der Waals surface area contributed by atoms with Crippen LogP contribution in [0.15, 0.2) is 83.8 Å². The summed E-state index contributed by atoms with van der Waals surface area (Å²) in [5, 5.41) is 12.8. The number of halogens is 1. The molecular formula is C24H25FN2O3S. The Morgan fingerprint density at radius 3 is 2.52 bits per heavy atom. The van der Waals surface area contributed by atoms with E-state index in [2.05, 4.69) is 5.32 Å². The Morgan fingerprint density at radius 1 is 1.10 bits per heavy atom. The number of amides is 2. The number of nitrogens with zero attached hydrogens (tertiary/aromatic N) is 1. The van der Waals surface area contributed by atoms with Gasteiger partial charge in [-0.25, -0.2) is 9.18 Å². The van der Waals surface area contributed by atoms with Crippen molar-refractivity contribution in [1.29, 1.82) is 0 Å². The number of thioether (sulfide) groups is 1. The van der Waals surface area contributed by atoms with Crippen LogP contribution in [0.1, 0.15) is 11.6 Å². The number of carbonyl (C=O) groups excluding carboxylic acids is 1. The Labute approximate surface area is 185 Å². The van der Waals surface area contributed by atoms with Crippen molar-refractivity contribution in [3.05, 3.63) is 90.2 Å². The number of urea groups is 1. The molecule has 0 spiro atoms. The van der Waals surface area contributed by atoms with Crippen molar-refractivity contribution in [3.63, 3.8) is 0 Å². The van der Waals surface area contributed by atoms with Gasteiger partial charge in [-0.2, -0.15) is 0 Å². The Hall–Kier alpha value is -3.03. The van der Waals surface area contributed by atoms with Crippen molar-refractivity contribution in [2.45, 2.75) is 10.9 Å². The molecule has 0 aliphatic carbocycles. The summed E-state index contributed by atoms with van der Waals surface area (Å²) in [6.45, 7) is 0.194. The maximum Gasteiger partial charge on any atom is 0.322 e. The first-order valence-electron chi connectivity index (χ1n) is 9.87. The molecule has 0 radical (unpaired) electrons. The molecule has 0 saturated carbocycles. The number of aliphatic hydroxyl groups excluding tert-OH is 1. The molecule has 0 fully saturated rings. The lowest BCUT2D eigenvalue weighted by atomic mass is 10.1. The zero-order chi connectivity index (χ0) is 22.1. The molecule has 3 rings (SSSR count). The molecule has 3 aromatic carbocycles. The van der Waals surface area contributed by atoms with E-state index in [9.17, 15) is 14.3 Å². The summed E-state index contributed by atoms with van der Waals surface area (Å²) in [6.07, 6.45) is 0. The van der Waals surface area contributed by atoms with Crippen molar-refractivity contribution in [1.82, 2.24) is 5.32 Å². The van der Waals surface area contributed by atoms with Gasteiger partial charge in [-0.3, -0.25) is 4.90 Å². The average molecular weight is 441 g/mol. The fourth-order valence-electron chi connectivity index (χ4n) is 3.06. The van der Waals surface area contributed by atoms with Gasteiger partial charge >= 0.3 is 6.03 Å². The van der Waals surface area contributed by atoms with Gasteiger partial charge in [0.2, 0.25) is 0 Å². The highest BCUT2D eigenvalue weighted by molar-refractivity contribution is 7.99. The van der Waals surface area contributed by atoms with E-state index in [0.29, 0.717) is 18.0 Å². The number of rotatable bonds is 9. The van der Waals surface area contributed by atoms with Gasteiger partial charge in [-0.05, 0) is 54.1 Å². The minimum atomic E-state index is -0.571. The first-order valence-corrected chi connectivity index (χ1v) is 10.9. The van der Waals surface area contributed by atoms with Gasteiger partial charge in [-0.1, -0.05) is 30.3 Å². The minimum absolute atomic E-state index is 0.244. The Balaban J connectivity index is 1.71. The van der Waals surface area contributed by atoms with E-state index in [0.717, 1.165) is 16.1 Å². The summed E-state index contributed by atoms with van der Waals surface area (Å²) in [5.74, 6) is 1.000. The third kappa shape index (κ3) is 6.47. The molecule has 1 atom stereocenters. The van der Waals surface area contributed by atoms with Crippen molar-refractivity contribution in [2.24, 2.45) is 0 Å². The summed E-state index contributed by atoms with van der Waals surface area (Å²) in [4.78, 5) is 15.7. The lowest BCUT2D eigenvalue weighted by Gasteiger charge is -2.26. The molecule has 0 saturated heterocycles. The van der Waals surface area contributed by atoms with Crippen LogP contribution in [0.5, 0.6) is 5.75 Å². The van der Waals surface area contributed by atoms with Gasteiger partial charge < -0.3 is 15.2 Å². The largest absolute Gasteiger partial charge is 0.497 e. The number of methoxy groups -OCH3 is 1. The summed E-state index contributed by atoms with van der Waals surface area (Å²) >= 11 is 1.54. The van der Waals surface area contributed by atoms with Crippen LogP contribution in [0.25, 0.3) is 0 Å². The topological polar surface area (TPSA) is 61.8 Å². The molecule has 162 valence electrons. The molecule has 2 N–H and O–H groups in total. The number of nitrogens with one attached hydrogen (secondary N) is 1. The number of hydrogen-bond donors (Lipinski definition) is 2. The molecule has 5 nitrogen and oxygen atoms in total. The predicted molar refractivity (Wildman–Crippen MR) is 122 cm³/mol. The van der Waals surface area contributed by atoms with Crippen LogP contribution in [-0.2, 0) is 0 Å². The first kappa shape index (κ1) is 22.7. The van der Waals surface area contributed by atoms with Gasteiger partial charge in [0, 0.05) is 22.9 Å². The van der Waals surface area contributed by atoms with Crippen LogP contribution in [-0.4, -0.2) is 37.2 Å². The quantitative estimate of drug-likeness (QED) is 0.466. The fourth-order valence-corrected chi connectivity index (χ4v) is 3.90. The molecule has 0 aliphatic heterocycles. The first-order chi connectivity index (χ1) is 15.1. The number of aliphatic hydroxyl groups is 1. The van der Waals surface area contributed by atoms with Gasteiger partial charge in [0.05, 0.1) is 19.8 Å². The number of para-hydroxylation sites is 1. The molecule has 0 aliphatic rings. The van der Waals surface area contributed by atoms with Crippen molar-refractivity contribution in [3.8, 4) is 5.75 Å². The molecule has 7 heteroatoms. The van der Waals surface area contributed by atoms with Gasteiger partial charge in [-0.15, -0.1) is 11.8 Å². The summed E-state index contributed by atoms with van der Waals surface area (Å²) in [5.41, 5.74) is 1.51. The monoisotopic (exact) mass is 440 g/mol. The predicted octanol–water partition coefficient (Wildman–Crippen LogP) is 4.88. The zero-order valence-corrected chi connectivity index (χ0v) is 18.0. The molecule has 0 bridgehead atoms. The molecule has 31 heavy (non-hydrogen) atoms. The third-order valence-electron chi connectivity index (χ3n) is 4.69. The Kier molecular flexibility index (Phi) is 8.32. The summed E-state index contributed by atoms with van der Waals surface area (Å²) in [6, 6.07) is 22.0. The number of ether oxygens (including phenoxy) is 1. The van der Waals surface area contributed by atoms with Crippen LogP contribution in [0.2, 0.25) is 0 Å². The molecule has 0 aromatic heterocycles. The fraction of sp³-hybridized carbons (Fsp3) is 0.208. The second-order valence-corrected chi connectivity index (χ2v) is 7.92. The third-order valence-corrected chi connectivity index (χ3v) is 5.68. The van der Waals surface area contributed by atoms with Gasteiger partial charge in [0.25, 0.3) is 0 Å². The van der Waals surface area contributed by atoms with E-state index in [1.807, 2.05) is 48.5 Å².